The molecule has 3 aliphatic rings. The van der Waals surface area contributed by atoms with Crippen LogP contribution < -0.4 is 21.9 Å². The maximum atomic E-state index is 13.7. The summed E-state index contributed by atoms with van der Waals surface area (Å²) in [6, 6.07) is 3.27. The second-order valence-electron chi connectivity index (χ2n) is 10.2. The van der Waals surface area contributed by atoms with Crippen LogP contribution in [0.1, 0.15) is 50.2 Å². The summed E-state index contributed by atoms with van der Waals surface area (Å²) in [6.45, 7) is 10.9. The van der Waals surface area contributed by atoms with Crippen LogP contribution in [-0.2, 0) is 22.4 Å². The Balaban J connectivity index is 0.00000231. The molecule has 4 N–H and O–H groups in total. The monoisotopic (exact) mass is 466 g/mol. The Kier molecular flexibility index (Phi) is 4.61. The fraction of sp³-hybridized carbons (Fsp3) is 0.500. The minimum atomic E-state index is -0.805. The Labute approximate surface area is 191 Å². The Hall–Kier alpha value is -2.39. The van der Waals surface area contributed by atoms with Crippen molar-refractivity contribution in [3.8, 4) is 0 Å². The van der Waals surface area contributed by atoms with Gasteiger partial charge in [0.2, 0.25) is 0 Å². The normalized spacial score (nSPS) is 28.9. The van der Waals surface area contributed by atoms with Crippen LogP contribution >= 0.6 is 0 Å². The third-order valence-corrected chi connectivity index (χ3v) is 7.47. The number of aromatic nitrogens is 3. The number of amides is 1. The number of pyridine rings is 1. The Morgan fingerprint density at radius 1 is 1.23 bits per heavy atom. The Morgan fingerprint density at radius 2 is 1.94 bits per heavy atom. The second kappa shape index (κ2) is 6.55. The second-order valence-corrected chi connectivity index (χ2v) is 10.2. The van der Waals surface area contributed by atoms with Crippen molar-refractivity contribution >= 4 is 23.2 Å². The van der Waals surface area contributed by atoms with E-state index in [2.05, 4.69) is 54.7 Å². The number of aryl methyl sites for hydroxylation is 1. The molecule has 31 heavy (non-hydrogen) atoms. The van der Waals surface area contributed by atoms with Crippen LogP contribution in [0.4, 0.5) is 17.3 Å². The van der Waals surface area contributed by atoms with Crippen LogP contribution in [0.3, 0.4) is 0 Å². The summed E-state index contributed by atoms with van der Waals surface area (Å²) in [5, 5.41) is 6.26. The number of rotatable bonds is 2. The van der Waals surface area contributed by atoms with Crippen molar-refractivity contribution in [3.63, 3.8) is 0 Å². The summed E-state index contributed by atoms with van der Waals surface area (Å²) in [4.78, 5) is 34.7. The van der Waals surface area contributed by atoms with Gasteiger partial charge in [0, 0.05) is 28.5 Å². The van der Waals surface area contributed by atoms with E-state index in [1.54, 1.807) is 16.7 Å². The zero-order chi connectivity index (χ0) is 21.6. The van der Waals surface area contributed by atoms with Crippen LogP contribution in [0, 0.1) is 36.0 Å². The molecular formula is C22H27CoN6O2-. The molecule has 5 rings (SSSR count). The molecule has 2 aliphatic carbocycles. The molecule has 0 saturated heterocycles. The number of nitrogens with one attached hydrogen (secondary N) is 2. The quantitative estimate of drug-likeness (QED) is 0.586. The minimum Gasteiger partial charge on any atom is -0.384 e. The molecule has 2 fully saturated rings. The molecule has 167 valence electrons. The van der Waals surface area contributed by atoms with E-state index in [0.29, 0.717) is 23.0 Å². The van der Waals surface area contributed by atoms with E-state index in [-0.39, 0.29) is 50.9 Å². The summed E-state index contributed by atoms with van der Waals surface area (Å²) in [5.41, 5.74) is 6.32. The van der Waals surface area contributed by atoms with Crippen molar-refractivity contribution in [2.45, 2.75) is 46.7 Å². The predicted molar refractivity (Wildman–Crippen MR) is 114 cm³/mol. The summed E-state index contributed by atoms with van der Waals surface area (Å²) >= 11 is 0. The van der Waals surface area contributed by atoms with E-state index in [9.17, 15) is 9.59 Å². The molecule has 2 aromatic rings. The fourth-order valence-corrected chi connectivity index (χ4v) is 6.38. The SMILES string of the molecule is Cc1cc(Nc2cc(N)ncn2)c(=O)n2c1C(=O)NC21[CH-]C2C(C)(C)CC1C2(C)C.[Co]. The van der Waals surface area contributed by atoms with Crippen molar-refractivity contribution in [3.05, 3.63) is 46.5 Å². The molecule has 2 aromatic heterocycles. The third kappa shape index (κ3) is 2.79. The molecule has 0 aromatic carbocycles. The molecule has 2 saturated carbocycles. The molecule has 9 heteroatoms. The van der Waals surface area contributed by atoms with Gasteiger partial charge in [-0.05, 0) is 30.9 Å². The molecule has 1 spiro atoms. The van der Waals surface area contributed by atoms with Gasteiger partial charge in [-0.1, -0.05) is 38.5 Å². The number of hydrogen-bond acceptors (Lipinski definition) is 6. The predicted octanol–water partition coefficient (Wildman–Crippen LogP) is 2.57. The molecule has 3 heterocycles. The van der Waals surface area contributed by atoms with Gasteiger partial charge in [0.25, 0.3) is 11.5 Å². The number of nitrogens with two attached hydrogens (primary N) is 1. The minimum absolute atomic E-state index is 0. The molecular weight excluding hydrogens is 439 g/mol. The Morgan fingerprint density at radius 3 is 2.52 bits per heavy atom. The van der Waals surface area contributed by atoms with Gasteiger partial charge in [0.15, 0.2) is 0 Å². The first kappa shape index (κ1) is 21.8. The van der Waals surface area contributed by atoms with E-state index >= 15 is 0 Å². The number of carbonyl (C=O) groups is 1. The van der Waals surface area contributed by atoms with E-state index in [1.807, 2.05) is 6.92 Å². The number of hydrogen-bond donors (Lipinski definition) is 3. The van der Waals surface area contributed by atoms with Crippen molar-refractivity contribution in [1.82, 2.24) is 19.9 Å². The zero-order valence-corrected chi connectivity index (χ0v) is 19.3. The summed E-state index contributed by atoms with van der Waals surface area (Å²) in [7, 11) is 0. The van der Waals surface area contributed by atoms with Gasteiger partial charge in [-0.3, -0.25) is 16.0 Å². The first-order valence-electron chi connectivity index (χ1n) is 10.3. The van der Waals surface area contributed by atoms with E-state index in [1.165, 1.54) is 6.33 Å². The van der Waals surface area contributed by atoms with Gasteiger partial charge >= 0.3 is 0 Å². The maximum Gasteiger partial charge on any atom is 0.274 e. The maximum absolute atomic E-state index is 13.7. The van der Waals surface area contributed by atoms with E-state index < -0.39 is 5.66 Å². The van der Waals surface area contributed by atoms with Crippen molar-refractivity contribution in [2.75, 3.05) is 11.1 Å². The van der Waals surface area contributed by atoms with Gasteiger partial charge in [0.1, 0.15) is 29.3 Å². The van der Waals surface area contributed by atoms with E-state index in [0.717, 1.165) is 12.0 Å². The summed E-state index contributed by atoms with van der Waals surface area (Å²) in [5.74, 6) is 0.956. The molecule has 1 aliphatic heterocycles. The van der Waals surface area contributed by atoms with Crippen LogP contribution in [0.2, 0.25) is 0 Å². The molecule has 3 atom stereocenters. The summed E-state index contributed by atoms with van der Waals surface area (Å²) < 4.78 is 1.68. The van der Waals surface area contributed by atoms with Crippen LogP contribution in [-0.4, -0.2) is 20.4 Å². The van der Waals surface area contributed by atoms with E-state index in [4.69, 9.17) is 5.73 Å². The fourth-order valence-electron chi connectivity index (χ4n) is 6.38. The molecule has 2 bridgehead atoms. The van der Waals surface area contributed by atoms with Crippen LogP contribution in [0.15, 0.2) is 23.3 Å². The summed E-state index contributed by atoms with van der Waals surface area (Å²) in [6.07, 6.45) is 4.49. The van der Waals surface area contributed by atoms with Gasteiger partial charge in [-0.15, -0.1) is 0 Å². The first-order chi connectivity index (χ1) is 14.0. The number of nitrogens with zero attached hydrogens (tertiary/aromatic N) is 3. The first-order valence-corrected chi connectivity index (χ1v) is 10.3. The van der Waals surface area contributed by atoms with Crippen molar-refractivity contribution in [1.29, 1.82) is 0 Å². The van der Waals surface area contributed by atoms with Gasteiger partial charge in [0.05, 0.1) is 0 Å². The molecule has 8 nitrogen and oxygen atoms in total. The zero-order valence-electron chi connectivity index (χ0n) is 18.2. The van der Waals surface area contributed by atoms with Gasteiger partial charge in [-0.2, -0.15) is 5.92 Å². The van der Waals surface area contributed by atoms with Crippen LogP contribution in [0.5, 0.6) is 0 Å². The van der Waals surface area contributed by atoms with Gasteiger partial charge < -0.3 is 20.9 Å². The number of carbonyl (C=O) groups excluding carboxylic acids is 1. The third-order valence-electron chi connectivity index (χ3n) is 7.47. The number of anilines is 3. The molecule has 1 radical (unpaired) electrons. The van der Waals surface area contributed by atoms with Crippen LogP contribution in [0.25, 0.3) is 0 Å². The van der Waals surface area contributed by atoms with Crippen molar-refractivity contribution in [2.24, 2.45) is 22.7 Å². The number of nitrogen functional groups attached to an aromatic ring is 1. The van der Waals surface area contributed by atoms with Gasteiger partial charge in [-0.25, -0.2) is 9.97 Å². The van der Waals surface area contributed by atoms with Crippen molar-refractivity contribution < 1.29 is 21.6 Å². The Bertz CT molecular complexity index is 1160. The smallest absolute Gasteiger partial charge is 0.274 e. The molecule has 1 amide bonds. The number of fused-ring (bicyclic) bond motifs is 5. The average molecular weight is 466 g/mol. The average Bonchev–Trinajstić information content (AvgIpc) is 3.12. The largest absolute Gasteiger partial charge is 0.384 e. The molecule has 3 unspecified atom stereocenters. The topological polar surface area (TPSA) is 115 Å². The standard InChI is InChI=1S/C22H27N6O2.Co/c1-11-6-12(26-16-7-15(23)24-10-25-16)19(30)28-17(11)18(29)27-22(28)9-13-20(2,3)8-14(22)21(13,4)5;/h6-7,9-10,13-14H,8H2,1-5H3,(H,27,29)(H3,23,24,25,26);/q-1;.